The van der Waals surface area contributed by atoms with E-state index in [0.717, 1.165) is 30.4 Å². The summed E-state index contributed by atoms with van der Waals surface area (Å²) in [6.07, 6.45) is 1.25. The summed E-state index contributed by atoms with van der Waals surface area (Å²) in [4.78, 5) is 9.78. The molecule has 1 fully saturated rings. The van der Waals surface area contributed by atoms with Gasteiger partial charge in [0.25, 0.3) is 0 Å². The summed E-state index contributed by atoms with van der Waals surface area (Å²) in [6.45, 7) is 9.62. The molecule has 1 saturated heterocycles. The molecule has 23 heavy (non-hydrogen) atoms. The lowest BCUT2D eigenvalue weighted by molar-refractivity contribution is 0.255. The molecule has 1 aromatic heterocycles. The van der Waals surface area contributed by atoms with Gasteiger partial charge in [0, 0.05) is 25.0 Å². The van der Waals surface area contributed by atoms with Gasteiger partial charge in [-0.3, -0.25) is 4.90 Å². The standard InChI is InChI=1S/C18H25N3OS/c1-2-20-9-6-10-21(12-11-20)13-16-15-23-18(19-16)14-22-17-7-4-3-5-8-17/h3-5,7-8,15H,2,6,9-14H2,1H3. The van der Waals surface area contributed by atoms with Gasteiger partial charge in [-0.05, 0) is 38.2 Å². The number of likely N-dealkylation sites (N-methyl/N-ethyl adjacent to an activating group) is 1. The fraction of sp³-hybridized carbons (Fsp3) is 0.500. The van der Waals surface area contributed by atoms with Crippen LogP contribution in [0.15, 0.2) is 35.7 Å². The SMILES string of the molecule is CCN1CCCN(Cc2csc(COc3ccccc3)n2)CC1. The van der Waals surface area contributed by atoms with Crippen molar-refractivity contribution in [2.24, 2.45) is 0 Å². The monoisotopic (exact) mass is 331 g/mol. The van der Waals surface area contributed by atoms with Gasteiger partial charge in [-0.1, -0.05) is 25.1 Å². The van der Waals surface area contributed by atoms with Gasteiger partial charge in [0.15, 0.2) is 0 Å². The molecule has 1 aromatic carbocycles. The van der Waals surface area contributed by atoms with E-state index >= 15 is 0 Å². The third kappa shape index (κ3) is 5.03. The van der Waals surface area contributed by atoms with Gasteiger partial charge in [-0.25, -0.2) is 4.98 Å². The lowest BCUT2D eigenvalue weighted by Gasteiger charge is -2.19. The average molecular weight is 331 g/mol. The van der Waals surface area contributed by atoms with Crippen LogP contribution in [-0.4, -0.2) is 47.5 Å². The maximum absolute atomic E-state index is 5.77. The molecular formula is C18H25N3OS. The third-order valence-corrected chi connectivity index (χ3v) is 5.09. The summed E-state index contributed by atoms with van der Waals surface area (Å²) in [5, 5.41) is 3.22. The summed E-state index contributed by atoms with van der Waals surface area (Å²) < 4.78 is 5.77. The molecule has 0 unspecified atom stereocenters. The quantitative estimate of drug-likeness (QED) is 0.812. The van der Waals surface area contributed by atoms with Crippen LogP contribution in [0.1, 0.15) is 24.0 Å². The molecule has 0 radical (unpaired) electrons. The number of aromatic nitrogens is 1. The van der Waals surface area contributed by atoms with E-state index in [-0.39, 0.29) is 0 Å². The van der Waals surface area contributed by atoms with Gasteiger partial charge in [0.2, 0.25) is 0 Å². The number of benzene rings is 1. The van der Waals surface area contributed by atoms with Crippen molar-refractivity contribution in [2.75, 3.05) is 32.7 Å². The van der Waals surface area contributed by atoms with Crippen LogP contribution < -0.4 is 4.74 Å². The van der Waals surface area contributed by atoms with Gasteiger partial charge in [0.1, 0.15) is 17.4 Å². The molecule has 124 valence electrons. The van der Waals surface area contributed by atoms with E-state index in [1.807, 2.05) is 30.3 Å². The van der Waals surface area contributed by atoms with Crippen molar-refractivity contribution in [2.45, 2.75) is 26.5 Å². The molecule has 2 heterocycles. The molecule has 0 bridgehead atoms. The Morgan fingerprint density at radius 2 is 1.87 bits per heavy atom. The molecular weight excluding hydrogens is 306 g/mol. The number of para-hydroxylation sites is 1. The van der Waals surface area contributed by atoms with E-state index in [1.165, 1.54) is 31.7 Å². The smallest absolute Gasteiger partial charge is 0.140 e. The summed E-state index contributed by atoms with van der Waals surface area (Å²) in [5.74, 6) is 0.899. The Balaban J connectivity index is 1.49. The van der Waals surface area contributed by atoms with E-state index in [1.54, 1.807) is 11.3 Å². The first-order chi connectivity index (χ1) is 11.3. The molecule has 0 spiro atoms. The molecule has 0 aliphatic carbocycles. The van der Waals surface area contributed by atoms with E-state index in [2.05, 4.69) is 22.1 Å². The second-order valence-corrected chi connectivity index (χ2v) is 6.84. The minimum absolute atomic E-state index is 0.554. The van der Waals surface area contributed by atoms with Crippen LogP contribution in [0.5, 0.6) is 5.75 Å². The second-order valence-electron chi connectivity index (χ2n) is 5.90. The maximum Gasteiger partial charge on any atom is 0.140 e. The molecule has 0 N–H and O–H groups in total. The number of hydrogen-bond acceptors (Lipinski definition) is 5. The Morgan fingerprint density at radius 1 is 1.09 bits per heavy atom. The van der Waals surface area contributed by atoms with E-state index in [0.29, 0.717) is 6.61 Å². The van der Waals surface area contributed by atoms with E-state index < -0.39 is 0 Å². The fourth-order valence-electron chi connectivity index (χ4n) is 2.88. The van der Waals surface area contributed by atoms with Crippen molar-refractivity contribution in [1.82, 2.24) is 14.8 Å². The Morgan fingerprint density at radius 3 is 2.70 bits per heavy atom. The largest absolute Gasteiger partial charge is 0.486 e. The minimum atomic E-state index is 0.554. The first-order valence-corrected chi connectivity index (χ1v) is 9.27. The van der Waals surface area contributed by atoms with Crippen molar-refractivity contribution in [1.29, 1.82) is 0 Å². The van der Waals surface area contributed by atoms with Crippen LogP contribution >= 0.6 is 11.3 Å². The number of nitrogens with zero attached hydrogens (tertiary/aromatic N) is 3. The van der Waals surface area contributed by atoms with Crippen molar-refractivity contribution in [3.8, 4) is 5.75 Å². The Hall–Kier alpha value is -1.43. The molecule has 0 atom stereocenters. The zero-order chi connectivity index (χ0) is 15.9. The van der Waals surface area contributed by atoms with Gasteiger partial charge in [-0.15, -0.1) is 11.3 Å². The van der Waals surface area contributed by atoms with Crippen LogP contribution in [0.25, 0.3) is 0 Å². The Kier molecular flexibility index (Phi) is 6.02. The Labute approximate surface area is 142 Å². The van der Waals surface area contributed by atoms with Crippen molar-refractivity contribution < 1.29 is 4.74 Å². The number of ether oxygens (including phenoxy) is 1. The summed E-state index contributed by atoms with van der Waals surface area (Å²) in [7, 11) is 0. The lowest BCUT2D eigenvalue weighted by Crippen LogP contribution is -2.30. The molecule has 1 aliphatic heterocycles. The summed E-state index contributed by atoms with van der Waals surface area (Å²) >= 11 is 1.69. The zero-order valence-electron chi connectivity index (χ0n) is 13.8. The average Bonchev–Trinajstić information content (AvgIpc) is 2.91. The summed E-state index contributed by atoms with van der Waals surface area (Å²) in [6, 6.07) is 9.93. The lowest BCUT2D eigenvalue weighted by atomic mass is 10.3. The first-order valence-electron chi connectivity index (χ1n) is 8.39. The van der Waals surface area contributed by atoms with Crippen LogP contribution in [0.4, 0.5) is 0 Å². The van der Waals surface area contributed by atoms with Crippen LogP contribution in [0.3, 0.4) is 0 Å². The highest BCUT2D eigenvalue weighted by Crippen LogP contribution is 2.16. The highest BCUT2D eigenvalue weighted by atomic mass is 32.1. The minimum Gasteiger partial charge on any atom is -0.486 e. The topological polar surface area (TPSA) is 28.6 Å². The molecule has 4 nitrogen and oxygen atoms in total. The third-order valence-electron chi connectivity index (χ3n) is 4.22. The molecule has 2 aromatic rings. The number of rotatable bonds is 6. The van der Waals surface area contributed by atoms with E-state index in [4.69, 9.17) is 9.72 Å². The van der Waals surface area contributed by atoms with E-state index in [9.17, 15) is 0 Å². The molecule has 5 heteroatoms. The Bertz CT molecular complexity index is 587. The van der Waals surface area contributed by atoms with Crippen LogP contribution in [0, 0.1) is 0 Å². The van der Waals surface area contributed by atoms with Gasteiger partial charge in [-0.2, -0.15) is 0 Å². The zero-order valence-corrected chi connectivity index (χ0v) is 14.6. The fourth-order valence-corrected chi connectivity index (χ4v) is 3.57. The van der Waals surface area contributed by atoms with Gasteiger partial charge < -0.3 is 9.64 Å². The molecule has 1 aliphatic rings. The highest BCUT2D eigenvalue weighted by Gasteiger charge is 2.15. The van der Waals surface area contributed by atoms with Crippen molar-refractivity contribution in [3.63, 3.8) is 0 Å². The van der Waals surface area contributed by atoms with Crippen LogP contribution in [0.2, 0.25) is 0 Å². The number of hydrogen-bond donors (Lipinski definition) is 0. The molecule has 3 rings (SSSR count). The molecule has 0 amide bonds. The second kappa shape index (κ2) is 8.43. The first kappa shape index (κ1) is 16.4. The van der Waals surface area contributed by atoms with Crippen molar-refractivity contribution in [3.05, 3.63) is 46.4 Å². The normalized spacial score (nSPS) is 17.1. The summed E-state index contributed by atoms with van der Waals surface area (Å²) in [5.41, 5.74) is 1.17. The van der Waals surface area contributed by atoms with Crippen molar-refractivity contribution >= 4 is 11.3 Å². The van der Waals surface area contributed by atoms with Crippen LogP contribution in [-0.2, 0) is 13.2 Å². The predicted octanol–water partition coefficient (Wildman–Crippen LogP) is 3.25. The van der Waals surface area contributed by atoms with Gasteiger partial charge >= 0.3 is 0 Å². The maximum atomic E-state index is 5.77. The predicted molar refractivity (Wildman–Crippen MR) is 94.9 cm³/mol. The number of thiazole rings is 1. The molecule has 0 saturated carbocycles. The van der Waals surface area contributed by atoms with Gasteiger partial charge in [0.05, 0.1) is 5.69 Å². The highest BCUT2D eigenvalue weighted by molar-refractivity contribution is 7.09.